The fraction of sp³-hybridized carbons (Fsp3) is 0.250. The van der Waals surface area contributed by atoms with Gasteiger partial charge in [0.1, 0.15) is 11.4 Å². The second kappa shape index (κ2) is 8.19. The number of para-hydroxylation sites is 1. The second-order valence-corrected chi connectivity index (χ2v) is 10.9. The number of nitrogens with one attached hydrogen (secondary N) is 2. The Hall–Kier alpha value is -2.53. The fourth-order valence-corrected chi connectivity index (χ4v) is 5.67. The van der Waals surface area contributed by atoms with Gasteiger partial charge in [-0.2, -0.15) is 0 Å². The van der Waals surface area contributed by atoms with Crippen LogP contribution in [0.5, 0.6) is 5.75 Å². The van der Waals surface area contributed by atoms with Gasteiger partial charge in [0.2, 0.25) is 9.47 Å². The molecule has 1 aliphatic rings. The Labute approximate surface area is 188 Å². The molecular formula is C20H19ClN4O4S2. The SMILES string of the molecule is CC1(C)CC(NS(=O)(=O)c2nnc(NC(=O)c3ccccc3Cl)s2)c2ccccc2O1. The first kappa shape index (κ1) is 21.7. The molecule has 0 spiro atoms. The maximum absolute atomic E-state index is 13.0. The van der Waals surface area contributed by atoms with E-state index in [-0.39, 0.29) is 20.1 Å². The zero-order valence-electron chi connectivity index (χ0n) is 16.6. The summed E-state index contributed by atoms with van der Waals surface area (Å²) in [6.45, 7) is 3.80. The number of hydrogen-bond acceptors (Lipinski definition) is 7. The summed E-state index contributed by atoms with van der Waals surface area (Å²) in [6, 6.07) is 13.3. The molecule has 0 saturated heterocycles. The Kier molecular flexibility index (Phi) is 5.73. The minimum Gasteiger partial charge on any atom is -0.487 e. The first-order chi connectivity index (χ1) is 14.6. The van der Waals surface area contributed by atoms with Gasteiger partial charge in [-0.05, 0) is 32.0 Å². The number of anilines is 1. The molecule has 0 radical (unpaired) electrons. The van der Waals surface area contributed by atoms with Gasteiger partial charge in [0, 0.05) is 12.0 Å². The van der Waals surface area contributed by atoms with E-state index < -0.39 is 27.6 Å². The maximum Gasteiger partial charge on any atom is 0.270 e. The molecule has 1 aromatic heterocycles. The maximum atomic E-state index is 13.0. The molecule has 8 nitrogen and oxygen atoms in total. The molecule has 1 amide bonds. The molecule has 162 valence electrons. The van der Waals surface area contributed by atoms with Gasteiger partial charge in [0.15, 0.2) is 0 Å². The monoisotopic (exact) mass is 478 g/mol. The molecule has 0 fully saturated rings. The Morgan fingerprint density at radius 1 is 1.16 bits per heavy atom. The molecule has 3 aromatic rings. The molecule has 0 aliphatic carbocycles. The van der Waals surface area contributed by atoms with Crippen LogP contribution >= 0.6 is 22.9 Å². The molecule has 11 heteroatoms. The molecule has 1 atom stereocenters. The van der Waals surface area contributed by atoms with Crippen LogP contribution in [-0.4, -0.2) is 30.1 Å². The lowest BCUT2D eigenvalue weighted by atomic mass is 9.90. The minimum atomic E-state index is -3.98. The fourth-order valence-electron chi connectivity index (χ4n) is 3.32. The summed E-state index contributed by atoms with van der Waals surface area (Å²) >= 11 is 6.79. The van der Waals surface area contributed by atoms with E-state index in [0.29, 0.717) is 12.2 Å². The number of carbonyl (C=O) groups excluding carboxylic acids is 1. The molecule has 0 saturated carbocycles. The van der Waals surface area contributed by atoms with Crippen LogP contribution in [-0.2, 0) is 10.0 Å². The number of fused-ring (bicyclic) bond motifs is 1. The first-order valence-electron chi connectivity index (χ1n) is 9.34. The van der Waals surface area contributed by atoms with E-state index in [1.54, 1.807) is 24.3 Å². The van der Waals surface area contributed by atoms with Crippen molar-refractivity contribution in [3.05, 3.63) is 64.7 Å². The highest BCUT2D eigenvalue weighted by Gasteiger charge is 2.36. The van der Waals surface area contributed by atoms with E-state index in [4.69, 9.17) is 16.3 Å². The van der Waals surface area contributed by atoms with Crippen molar-refractivity contribution >= 4 is 44.0 Å². The molecule has 1 unspecified atom stereocenters. The van der Waals surface area contributed by atoms with Crippen LogP contribution in [0, 0.1) is 0 Å². The minimum absolute atomic E-state index is 0.0537. The van der Waals surface area contributed by atoms with Gasteiger partial charge in [-0.1, -0.05) is 53.3 Å². The summed E-state index contributed by atoms with van der Waals surface area (Å²) in [6.07, 6.45) is 0.443. The number of benzene rings is 2. The Bertz CT molecular complexity index is 1240. The van der Waals surface area contributed by atoms with E-state index in [1.807, 2.05) is 38.1 Å². The normalized spacial score (nSPS) is 17.5. The van der Waals surface area contributed by atoms with Crippen LogP contribution < -0.4 is 14.8 Å². The van der Waals surface area contributed by atoms with Crippen LogP contribution in [0.1, 0.15) is 42.2 Å². The summed E-state index contributed by atoms with van der Waals surface area (Å²) in [5.74, 6) is 0.134. The van der Waals surface area contributed by atoms with Crippen LogP contribution in [0.25, 0.3) is 0 Å². The van der Waals surface area contributed by atoms with Crippen LogP contribution in [0.15, 0.2) is 52.9 Å². The molecule has 4 rings (SSSR count). The third kappa shape index (κ3) is 4.72. The van der Waals surface area contributed by atoms with Gasteiger partial charge in [0.25, 0.3) is 15.9 Å². The number of aromatic nitrogens is 2. The van der Waals surface area contributed by atoms with Crippen molar-refractivity contribution in [3.8, 4) is 5.75 Å². The molecular weight excluding hydrogens is 460 g/mol. The third-order valence-corrected chi connectivity index (χ3v) is 7.66. The molecule has 2 heterocycles. The van der Waals surface area contributed by atoms with Crippen molar-refractivity contribution in [1.82, 2.24) is 14.9 Å². The van der Waals surface area contributed by atoms with Gasteiger partial charge in [0.05, 0.1) is 16.6 Å². The van der Waals surface area contributed by atoms with E-state index in [0.717, 1.165) is 16.9 Å². The zero-order valence-corrected chi connectivity index (χ0v) is 19.0. The van der Waals surface area contributed by atoms with E-state index in [9.17, 15) is 13.2 Å². The Morgan fingerprint density at radius 3 is 2.65 bits per heavy atom. The number of sulfonamides is 1. The topological polar surface area (TPSA) is 110 Å². The quantitative estimate of drug-likeness (QED) is 0.536. The van der Waals surface area contributed by atoms with Gasteiger partial charge in [-0.15, -0.1) is 10.2 Å². The van der Waals surface area contributed by atoms with Gasteiger partial charge < -0.3 is 4.74 Å². The lowest BCUT2D eigenvalue weighted by molar-refractivity contribution is 0.0702. The smallest absolute Gasteiger partial charge is 0.270 e. The molecule has 2 aromatic carbocycles. The average molecular weight is 479 g/mol. The lowest BCUT2D eigenvalue weighted by Crippen LogP contribution is -2.41. The predicted molar refractivity (Wildman–Crippen MR) is 118 cm³/mol. The number of halogens is 1. The number of rotatable bonds is 5. The van der Waals surface area contributed by atoms with Crippen molar-refractivity contribution < 1.29 is 17.9 Å². The summed E-state index contributed by atoms with van der Waals surface area (Å²) in [5, 5.41) is 10.4. The van der Waals surface area contributed by atoms with Crippen LogP contribution in [0.3, 0.4) is 0 Å². The van der Waals surface area contributed by atoms with Crippen molar-refractivity contribution in [2.24, 2.45) is 0 Å². The van der Waals surface area contributed by atoms with Crippen LogP contribution in [0.4, 0.5) is 5.13 Å². The highest BCUT2D eigenvalue weighted by Crippen LogP contribution is 2.40. The summed E-state index contributed by atoms with van der Waals surface area (Å²) in [4.78, 5) is 12.4. The van der Waals surface area contributed by atoms with Crippen molar-refractivity contribution in [2.75, 3.05) is 5.32 Å². The van der Waals surface area contributed by atoms with Crippen molar-refractivity contribution in [1.29, 1.82) is 0 Å². The predicted octanol–water partition coefficient (Wildman–Crippen LogP) is 4.02. The summed E-state index contributed by atoms with van der Waals surface area (Å²) in [5.41, 5.74) is 0.460. The van der Waals surface area contributed by atoms with E-state index in [1.165, 1.54) is 0 Å². The van der Waals surface area contributed by atoms with Crippen LogP contribution in [0.2, 0.25) is 5.02 Å². The second-order valence-electron chi connectivity index (χ2n) is 7.58. The molecule has 2 N–H and O–H groups in total. The largest absolute Gasteiger partial charge is 0.487 e. The Balaban J connectivity index is 1.54. The lowest BCUT2D eigenvalue weighted by Gasteiger charge is -2.37. The van der Waals surface area contributed by atoms with Gasteiger partial charge >= 0.3 is 0 Å². The highest BCUT2D eigenvalue weighted by molar-refractivity contribution is 7.91. The number of carbonyl (C=O) groups is 1. The van der Waals surface area contributed by atoms with E-state index in [2.05, 4.69) is 20.2 Å². The number of ether oxygens (including phenoxy) is 1. The average Bonchev–Trinajstić information content (AvgIpc) is 3.16. The number of hydrogen-bond donors (Lipinski definition) is 2. The molecule has 31 heavy (non-hydrogen) atoms. The van der Waals surface area contributed by atoms with E-state index >= 15 is 0 Å². The standard InChI is InChI=1S/C20H19ClN4O4S2/c1-20(2)11-15(13-8-4-6-10-16(13)29-20)25-31(27,28)19-24-23-18(30-19)22-17(26)12-7-3-5-9-14(12)21/h3-10,15,25H,11H2,1-2H3,(H,22,23,26). The molecule has 0 bridgehead atoms. The number of amides is 1. The first-order valence-corrected chi connectivity index (χ1v) is 12.0. The van der Waals surface area contributed by atoms with Crippen molar-refractivity contribution in [3.63, 3.8) is 0 Å². The van der Waals surface area contributed by atoms with Gasteiger partial charge in [-0.3, -0.25) is 10.1 Å². The number of nitrogens with zero attached hydrogens (tertiary/aromatic N) is 2. The van der Waals surface area contributed by atoms with Crippen molar-refractivity contribution in [2.45, 2.75) is 36.3 Å². The third-order valence-electron chi connectivity index (χ3n) is 4.65. The summed E-state index contributed by atoms with van der Waals surface area (Å²) < 4.78 is 34.3. The Morgan fingerprint density at radius 2 is 1.87 bits per heavy atom. The van der Waals surface area contributed by atoms with Gasteiger partial charge in [-0.25, -0.2) is 13.1 Å². The highest BCUT2D eigenvalue weighted by atomic mass is 35.5. The summed E-state index contributed by atoms with van der Waals surface area (Å²) in [7, 11) is -3.98. The zero-order chi connectivity index (χ0) is 22.2. The molecule has 1 aliphatic heterocycles.